The van der Waals surface area contributed by atoms with Gasteiger partial charge in [0.25, 0.3) is 0 Å². The van der Waals surface area contributed by atoms with E-state index in [1.54, 1.807) is 0 Å². The number of rotatable bonds is 5. The van der Waals surface area contributed by atoms with Crippen molar-refractivity contribution in [3.05, 3.63) is 29.8 Å². The van der Waals surface area contributed by atoms with Gasteiger partial charge in [-0.05, 0) is 25.0 Å². The second kappa shape index (κ2) is 5.76. The number of hydrogen-bond donors (Lipinski definition) is 1. The van der Waals surface area contributed by atoms with Gasteiger partial charge in [-0.3, -0.25) is 0 Å². The number of anilines is 1. The molecule has 15 heavy (non-hydrogen) atoms. The lowest BCUT2D eigenvalue weighted by Gasteiger charge is -2.23. The molecule has 2 N–H and O–H groups in total. The molecule has 0 aliphatic heterocycles. The molecule has 0 fully saturated rings. The zero-order valence-corrected chi connectivity index (χ0v) is 10.0. The van der Waals surface area contributed by atoms with Crippen LogP contribution in [0, 0.1) is 0 Å². The van der Waals surface area contributed by atoms with Gasteiger partial charge >= 0.3 is 0 Å². The van der Waals surface area contributed by atoms with Crippen molar-refractivity contribution < 1.29 is 0 Å². The van der Waals surface area contributed by atoms with Crippen LogP contribution in [0.15, 0.2) is 24.3 Å². The molecule has 0 radical (unpaired) electrons. The summed E-state index contributed by atoms with van der Waals surface area (Å²) in [7, 11) is 2.14. The standard InChI is InChI=1S/C13H22N2/c1-4-5-10-15(3)13-9-7-6-8-12(13)11(2)14/h6-9,11H,4-5,10,14H2,1-3H3/t11-/m1/s1. The van der Waals surface area contributed by atoms with Crippen molar-refractivity contribution in [3.8, 4) is 0 Å². The topological polar surface area (TPSA) is 29.3 Å². The van der Waals surface area contributed by atoms with Crippen LogP contribution in [0.4, 0.5) is 5.69 Å². The average Bonchev–Trinajstić information content (AvgIpc) is 2.25. The van der Waals surface area contributed by atoms with E-state index in [1.165, 1.54) is 24.1 Å². The first-order chi connectivity index (χ1) is 7.16. The third kappa shape index (κ3) is 3.24. The summed E-state index contributed by atoms with van der Waals surface area (Å²) >= 11 is 0. The predicted molar refractivity (Wildman–Crippen MR) is 67.2 cm³/mol. The van der Waals surface area contributed by atoms with Crippen LogP contribution in [0.2, 0.25) is 0 Å². The summed E-state index contributed by atoms with van der Waals surface area (Å²) < 4.78 is 0. The zero-order valence-electron chi connectivity index (χ0n) is 10.0. The molecule has 2 heteroatoms. The second-order valence-electron chi connectivity index (χ2n) is 4.12. The van der Waals surface area contributed by atoms with Gasteiger partial charge in [-0.25, -0.2) is 0 Å². The molecule has 0 saturated carbocycles. The molecular weight excluding hydrogens is 184 g/mol. The van der Waals surface area contributed by atoms with Crippen molar-refractivity contribution in [3.63, 3.8) is 0 Å². The molecule has 1 rings (SSSR count). The molecule has 0 amide bonds. The molecule has 0 unspecified atom stereocenters. The third-order valence-electron chi connectivity index (χ3n) is 2.69. The molecule has 1 atom stereocenters. The smallest absolute Gasteiger partial charge is 0.0411 e. The zero-order chi connectivity index (χ0) is 11.3. The highest BCUT2D eigenvalue weighted by Gasteiger charge is 2.08. The number of para-hydroxylation sites is 1. The van der Waals surface area contributed by atoms with Crippen molar-refractivity contribution in [2.75, 3.05) is 18.5 Å². The van der Waals surface area contributed by atoms with Gasteiger partial charge in [-0.2, -0.15) is 0 Å². The van der Waals surface area contributed by atoms with Gasteiger partial charge in [-0.15, -0.1) is 0 Å². The molecule has 84 valence electrons. The molecule has 0 heterocycles. The Morgan fingerprint density at radius 1 is 1.33 bits per heavy atom. The van der Waals surface area contributed by atoms with Crippen molar-refractivity contribution in [2.24, 2.45) is 5.73 Å². The Hall–Kier alpha value is -1.02. The molecule has 0 saturated heterocycles. The van der Waals surface area contributed by atoms with Crippen molar-refractivity contribution >= 4 is 5.69 Å². The van der Waals surface area contributed by atoms with E-state index < -0.39 is 0 Å². The summed E-state index contributed by atoms with van der Waals surface area (Å²) in [6.45, 7) is 5.35. The lowest BCUT2D eigenvalue weighted by Crippen LogP contribution is -2.21. The van der Waals surface area contributed by atoms with Gasteiger partial charge < -0.3 is 10.6 Å². The molecule has 2 nitrogen and oxygen atoms in total. The number of benzene rings is 1. The third-order valence-corrected chi connectivity index (χ3v) is 2.69. The van der Waals surface area contributed by atoms with E-state index in [-0.39, 0.29) is 6.04 Å². The van der Waals surface area contributed by atoms with E-state index >= 15 is 0 Å². The molecule has 1 aromatic rings. The van der Waals surface area contributed by atoms with Gasteiger partial charge in [0.15, 0.2) is 0 Å². The van der Waals surface area contributed by atoms with Gasteiger partial charge in [0.1, 0.15) is 0 Å². The fraction of sp³-hybridized carbons (Fsp3) is 0.538. The fourth-order valence-corrected chi connectivity index (χ4v) is 1.74. The highest BCUT2D eigenvalue weighted by molar-refractivity contribution is 5.54. The number of nitrogens with two attached hydrogens (primary N) is 1. The lowest BCUT2D eigenvalue weighted by molar-refractivity contribution is 0.751. The summed E-state index contributed by atoms with van der Waals surface area (Å²) in [4.78, 5) is 2.29. The maximum atomic E-state index is 5.95. The van der Waals surface area contributed by atoms with Crippen LogP contribution >= 0.6 is 0 Å². The van der Waals surface area contributed by atoms with Crippen LogP contribution < -0.4 is 10.6 Å². The Balaban J connectivity index is 2.82. The van der Waals surface area contributed by atoms with Gasteiger partial charge in [-0.1, -0.05) is 31.5 Å². The minimum atomic E-state index is 0.102. The maximum absolute atomic E-state index is 5.95. The van der Waals surface area contributed by atoms with E-state index in [0.717, 1.165) is 6.54 Å². The number of hydrogen-bond acceptors (Lipinski definition) is 2. The van der Waals surface area contributed by atoms with Crippen LogP contribution in [0.25, 0.3) is 0 Å². The van der Waals surface area contributed by atoms with Crippen LogP contribution in [-0.4, -0.2) is 13.6 Å². The Labute approximate surface area is 93.1 Å². The van der Waals surface area contributed by atoms with E-state index in [4.69, 9.17) is 5.73 Å². The summed E-state index contributed by atoms with van der Waals surface area (Å²) in [6.07, 6.45) is 2.45. The minimum Gasteiger partial charge on any atom is -0.374 e. The van der Waals surface area contributed by atoms with Crippen molar-refractivity contribution in [2.45, 2.75) is 32.7 Å². The lowest BCUT2D eigenvalue weighted by atomic mass is 10.1. The summed E-state index contributed by atoms with van der Waals surface area (Å²) in [6, 6.07) is 8.49. The normalized spacial score (nSPS) is 12.5. The summed E-state index contributed by atoms with van der Waals surface area (Å²) in [5.74, 6) is 0. The fourth-order valence-electron chi connectivity index (χ4n) is 1.74. The Morgan fingerprint density at radius 2 is 2.00 bits per heavy atom. The highest BCUT2D eigenvalue weighted by atomic mass is 15.1. The Morgan fingerprint density at radius 3 is 2.60 bits per heavy atom. The molecular formula is C13H22N2. The SMILES string of the molecule is CCCCN(C)c1ccccc1[C@@H](C)N. The van der Waals surface area contributed by atoms with E-state index in [0.29, 0.717) is 0 Å². The van der Waals surface area contributed by atoms with Crippen LogP contribution in [0.1, 0.15) is 38.3 Å². The molecule has 0 aliphatic carbocycles. The monoisotopic (exact) mass is 206 g/mol. The first-order valence-corrected chi connectivity index (χ1v) is 5.72. The van der Waals surface area contributed by atoms with Crippen molar-refractivity contribution in [1.29, 1.82) is 0 Å². The number of nitrogens with zero attached hydrogens (tertiary/aromatic N) is 1. The molecule has 0 bridgehead atoms. The minimum absolute atomic E-state index is 0.102. The highest BCUT2D eigenvalue weighted by Crippen LogP contribution is 2.24. The molecule has 0 aliphatic rings. The second-order valence-corrected chi connectivity index (χ2v) is 4.12. The molecule has 0 aromatic heterocycles. The number of unbranched alkanes of at least 4 members (excludes halogenated alkanes) is 1. The van der Waals surface area contributed by atoms with Gasteiger partial charge in [0, 0.05) is 25.3 Å². The Kier molecular flexibility index (Phi) is 4.63. The summed E-state index contributed by atoms with van der Waals surface area (Å²) in [5.41, 5.74) is 8.45. The van der Waals surface area contributed by atoms with Gasteiger partial charge in [0.05, 0.1) is 0 Å². The van der Waals surface area contributed by atoms with Crippen LogP contribution in [-0.2, 0) is 0 Å². The average molecular weight is 206 g/mol. The maximum Gasteiger partial charge on any atom is 0.0411 e. The van der Waals surface area contributed by atoms with Gasteiger partial charge in [0.2, 0.25) is 0 Å². The quantitative estimate of drug-likeness (QED) is 0.802. The predicted octanol–water partition coefficient (Wildman–Crippen LogP) is 2.94. The summed E-state index contributed by atoms with van der Waals surface area (Å²) in [5, 5.41) is 0. The Bertz CT molecular complexity index is 294. The van der Waals surface area contributed by atoms with E-state index in [2.05, 4.69) is 43.1 Å². The van der Waals surface area contributed by atoms with Crippen LogP contribution in [0.3, 0.4) is 0 Å². The first-order valence-electron chi connectivity index (χ1n) is 5.72. The largest absolute Gasteiger partial charge is 0.374 e. The molecule has 1 aromatic carbocycles. The molecule has 0 spiro atoms. The van der Waals surface area contributed by atoms with E-state index in [1.807, 2.05) is 6.92 Å². The van der Waals surface area contributed by atoms with E-state index in [9.17, 15) is 0 Å². The van der Waals surface area contributed by atoms with Crippen LogP contribution in [0.5, 0.6) is 0 Å². The first kappa shape index (κ1) is 12.1. The van der Waals surface area contributed by atoms with Crippen molar-refractivity contribution in [1.82, 2.24) is 0 Å².